The summed E-state index contributed by atoms with van der Waals surface area (Å²) < 4.78 is 22.6. The number of ether oxygens (including phenoxy) is 1. The summed E-state index contributed by atoms with van der Waals surface area (Å²) in [5.41, 5.74) is -6.11. The van der Waals surface area contributed by atoms with E-state index < -0.39 is 86.5 Å². The number of thioether (sulfide) groups is 1. The SMILES string of the molecule is CC(=O)NC(CSC(=O)CCCO[N+](=O)[O-])C(=O)OCC(=O)[C@@]1(O)[C@H](C)CC2C3CC=C4CC(=O)C=C[C@]4(C)[C@@]3(F)[C@@H](O)C[C@@]21C. The van der Waals surface area contributed by atoms with Crippen molar-refractivity contribution < 1.29 is 53.2 Å². The van der Waals surface area contributed by atoms with Crippen molar-refractivity contribution in [2.45, 2.75) is 89.6 Å². The Hall–Kier alpha value is -3.17. The van der Waals surface area contributed by atoms with Crippen molar-refractivity contribution in [1.29, 1.82) is 0 Å². The third-order valence-corrected chi connectivity index (χ3v) is 11.8. The highest BCUT2D eigenvalue weighted by atomic mass is 32.2. The maximum Gasteiger partial charge on any atom is 0.329 e. The van der Waals surface area contributed by atoms with Crippen molar-refractivity contribution in [1.82, 2.24) is 5.32 Å². The second-order valence-electron chi connectivity index (χ2n) is 13.3. The number of allylic oxidation sites excluding steroid dienone is 4. The van der Waals surface area contributed by atoms with E-state index in [2.05, 4.69) is 10.2 Å². The van der Waals surface area contributed by atoms with Crippen LogP contribution < -0.4 is 5.32 Å². The van der Waals surface area contributed by atoms with E-state index >= 15 is 4.39 Å². The molecule has 3 N–H and O–H groups in total. The van der Waals surface area contributed by atoms with E-state index in [-0.39, 0.29) is 56.7 Å². The van der Waals surface area contributed by atoms with Gasteiger partial charge in [-0.1, -0.05) is 43.3 Å². The number of aliphatic hydroxyl groups is 2. The standard InChI is InChI=1S/C31H41FN2O11S/c1-17-12-22-21-8-7-19-13-20(36)9-10-28(19,3)30(21,32)24(37)14-29(22,4)31(17,41)25(38)15-44-27(40)23(33-18(2)35)16-46-26(39)6-5-11-45-34(42)43/h7,9-10,17,21-24,37,41H,5-6,8,11-16H2,1-4H3,(H,33,35)/t17-,21?,22?,23?,24+,28+,29+,30+,31+/m1/s1. The smallest absolute Gasteiger partial charge is 0.329 e. The number of nitrogens with one attached hydrogen (secondary N) is 1. The molecule has 0 spiro atoms. The number of rotatable bonds is 12. The van der Waals surface area contributed by atoms with E-state index in [0.29, 0.717) is 17.3 Å². The summed E-state index contributed by atoms with van der Waals surface area (Å²) in [5.74, 6) is -4.77. The highest BCUT2D eigenvalue weighted by Crippen LogP contribution is 2.70. The third-order valence-electron chi connectivity index (χ3n) is 10.8. The molecule has 4 aliphatic rings. The maximum absolute atomic E-state index is 17.4. The van der Waals surface area contributed by atoms with Gasteiger partial charge in [-0.05, 0) is 50.5 Å². The quantitative estimate of drug-likeness (QED) is 0.0902. The first-order valence-electron chi connectivity index (χ1n) is 15.3. The number of carbonyl (C=O) groups excluding carboxylic acids is 5. The van der Waals surface area contributed by atoms with Crippen molar-refractivity contribution in [2.75, 3.05) is 19.0 Å². The maximum atomic E-state index is 17.4. The van der Waals surface area contributed by atoms with Gasteiger partial charge in [0.1, 0.15) is 11.6 Å². The molecule has 4 aliphatic carbocycles. The Morgan fingerprint density at radius 3 is 2.61 bits per heavy atom. The zero-order chi connectivity index (χ0) is 34.2. The molecule has 9 atom stereocenters. The van der Waals surface area contributed by atoms with Gasteiger partial charge in [0.05, 0.1) is 12.7 Å². The predicted octanol–water partition coefficient (Wildman–Crippen LogP) is 2.20. The molecule has 15 heteroatoms. The van der Waals surface area contributed by atoms with Crippen molar-refractivity contribution in [2.24, 2.45) is 28.6 Å². The van der Waals surface area contributed by atoms with Gasteiger partial charge in [0.15, 0.2) is 23.2 Å². The fourth-order valence-electron chi connectivity index (χ4n) is 8.41. The van der Waals surface area contributed by atoms with Gasteiger partial charge in [-0.25, -0.2) is 9.18 Å². The second kappa shape index (κ2) is 13.1. The van der Waals surface area contributed by atoms with Crippen LogP contribution >= 0.6 is 11.8 Å². The Morgan fingerprint density at radius 1 is 1.26 bits per heavy atom. The van der Waals surface area contributed by atoms with Crippen molar-refractivity contribution in [3.05, 3.63) is 33.9 Å². The fraction of sp³-hybridized carbons (Fsp3) is 0.710. The average molecular weight is 669 g/mol. The Morgan fingerprint density at radius 2 is 1.96 bits per heavy atom. The van der Waals surface area contributed by atoms with Crippen molar-refractivity contribution in [3.63, 3.8) is 0 Å². The van der Waals surface area contributed by atoms with Crippen molar-refractivity contribution in [3.8, 4) is 0 Å². The van der Waals surface area contributed by atoms with Crippen LogP contribution in [0.15, 0.2) is 23.8 Å². The molecule has 46 heavy (non-hydrogen) atoms. The van der Waals surface area contributed by atoms with E-state index in [1.165, 1.54) is 12.2 Å². The minimum Gasteiger partial charge on any atom is -0.456 e. The number of fused-ring (bicyclic) bond motifs is 5. The molecule has 0 saturated heterocycles. The number of amides is 1. The lowest BCUT2D eigenvalue weighted by atomic mass is 9.45. The number of hydrogen-bond acceptors (Lipinski definition) is 12. The first kappa shape index (κ1) is 35.7. The van der Waals surface area contributed by atoms with Gasteiger partial charge in [0, 0.05) is 42.3 Å². The summed E-state index contributed by atoms with van der Waals surface area (Å²) in [7, 11) is 0. The number of halogens is 1. The van der Waals surface area contributed by atoms with Gasteiger partial charge in [0.2, 0.25) is 11.7 Å². The molecule has 2 fully saturated rings. The van der Waals surface area contributed by atoms with E-state index in [9.17, 15) is 44.3 Å². The lowest BCUT2D eigenvalue weighted by Crippen LogP contribution is -2.69. The first-order valence-corrected chi connectivity index (χ1v) is 16.3. The van der Waals surface area contributed by atoms with Gasteiger partial charge in [-0.2, -0.15) is 0 Å². The molecule has 0 bridgehead atoms. The molecule has 0 heterocycles. The summed E-state index contributed by atoms with van der Waals surface area (Å²) >= 11 is 0.699. The number of nitrogens with zero attached hydrogens (tertiary/aromatic N) is 1. The molecule has 3 unspecified atom stereocenters. The molecule has 0 radical (unpaired) electrons. The lowest BCUT2D eigenvalue weighted by Gasteiger charge is -2.62. The molecule has 0 aliphatic heterocycles. The molecule has 0 aromatic heterocycles. The first-order chi connectivity index (χ1) is 21.4. The Kier molecular flexibility index (Phi) is 10.2. The van der Waals surface area contributed by atoms with E-state index in [4.69, 9.17) is 4.74 Å². The largest absolute Gasteiger partial charge is 0.456 e. The van der Waals surface area contributed by atoms with Gasteiger partial charge in [0.25, 0.3) is 5.09 Å². The minimum absolute atomic E-state index is 0.0648. The van der Waals surface area contributed by atoms with Gasteiger partial charge in [-0.15, -0.1) is 10.1 Å². The monoisotopic (exact) mass is 668 g/mol. The lowest BCUT2D eigenvalue weighted by molar-refractivity contribution is -0.757. The molecule has 0 aromatic rings. The summed E-state index contributed by atoms with van der Waals surface area (Å²) in [6, 6.07) is -1.31. The van der Waals surface area contributed by atoms with E-state index in [1.807, 2.05) is 6.08 Å². The summed E-state index contributed by atoms with van der Waals surface area (Å²) in [5, 5.41) is 34.8. The molecule has 2 saturated carbocycles. The number of Topliss-reactive ketones (excluding diaryl/α,β-unsaturated/α-hetero) is 1. The molecule has 13 nitrogen and oxygen atoms in total. The molecular weight excluding hydrogens is 627 g/mol. The topological polar surface area (TPSA) is 199 Å². The van der Waals surface area contributed by atoms with Crippen LogP contribution in [0.1, 0.15) is 66.2 Å². The van der Waals surface area contributed by atoms with Crippen LogP contribution in [0.2, 0.25) is 0 Å². The van der Waals surface area contributed by atoms with Crippen LogP contribution in [0, 0.1) is 38.7 Å². The predicted molar refractivity (Wildman–Crippen MR) is 161 cm³/mol. The highest BCUT2D eigenvalue weighted by Gasteiger charge is 2.75. The summed E-state index contributed by atoms with van der Waals surface area (Å²) in [6.45, 7) is 5.02. The number of hydrogen-bond donors (Lipinski definition) is 3. The molecule has 0 aromatic carbocycles. The number of carbonyl (C=O) groups is 5. The van der Waals surface area contributed by atoms with Crippen LogP contribution in [-0.4, -0.2) is 86.2 Å². The number of aliphatic hydroxyl groups excluding tert-OH is 1. The fourth-order valence-corrected chi connectivity index (χ4v) is 9.27. The molecule has 1 amide bonds. The Bertz CT molecular complexity index is 1370. The Labute approximate surface area is 269 Å². The Balaban J connectivity index is 1.46. The number of ketones is 2. The van der Waals surface area contributed by atoms with Gasteiger partial charge in [-0.3, -0.25) is 19.2 Å². The van der Waals surface area contributed by atoms with Crippen LogP contribution in [0.4, 0.5) is 4.39 Å². The summed E-state index contributed by atoms with van der Waals surface area (Å²) in [4.78, 5) is 77.1. The average Bonchev–Trinajstić information content (AvgIpc) is 3.18. The minimum atomic E-state index is -2.14. The van der Waals surface area contributed by atoms with Crippen LogP contribution in [0.25, 0.3) is 0 Å². The second-order valence-corrected chi connectivity index (χ2v) is 14.4. The van der Waals surface area contributed by atoms with Crippen LogP contribution in [0.3, 0.4) is 0 Å². The zero-order valence-corrected chi connectivity index (χ0v) is 27.1. The van der Waals surface area contributed by atoms with E-state index in [1.54, 1.807) is 20.8 Å². The zero-order valence-electron chi connectivity index (χ0n) is 26.3. The van der Waals surface area contributed by atoms with Gasteiger partial charge < -0.3 is 25.1 Å². The number of alkyl halides is 1. The normalized spacial score (nSPS) is 36.8. The van der Waals surface area contributed by atoms with E-state index in [0.717, 1.165) is 6.92 Å². The van der Waals surface area contributed by atoms with Crippen LogP contribution in [-0.2, 0) is 33.5 Å². The van der Waals surface area contributed by atoms with Crippen LogP contribution in [0.5, 0.6) is 0 Å². The highest BCUT2D eigenvalue weighted by molar-refractivity contribution is 8.13. The van der Waals surface area contributed by atoms with Gasteiger partial charge >= 0.3 is 5.97 Å². The number of esters is 1. The third kappa shape index (κ3) is 6.01. The molecule has 4 rings (SSSR count). The van der Waals surface area contributed by atoms with Crippen molar-refractivity contribution >= 4 is 40.3 Å². The summed E-state index contributed by atoms with van der Waals surface area (Å²) in [6.07, 6.45) is 3.47. The molecule has 254 valence electrons. The molecular formula is C31H41FN2O11S.